The van der Waals surface area contributed by atoms with Gasteiger partial charge in [-0.2, -0.15) is 0 Å². The molecule has 0 unspecified atom stereocenters. The summed E-state index contributed by atoms with van der Waals surface area (Å²) in [6, 6.07) is 7.07. The third kappa shape index (κ3) is 3.64. The van der Waals surface area contributed by atoms with Gasteiger partial charge in [0.15, 0.2) is 0 Å². The minimum atomic E-state index is 0.278. The van der Waals surface area contributed by atoms with Crippen LogP contribution < -0.4 is 9.47 Å². The molecule has 2 aromatic rings. The lowest BCUT2D eigenvalue weighted by Gasteiger charge is -2.13. The van der Waals surface area contributed by atoms with Crippen LogP contribution in [-0.4, -0.2) is 23.0 Å². The second-order valence-electron chi connectivity index (χ2n) is 4.30. The molecule has 0 aliphatic heterocycles. The average molecular weight is 307 g/mol. The van der Waals surface area contributed by atoms with Crippen molar-refractivity contribution in [1.82, 2.24) is 4.98 Å². The highest BCUT2D eigenvalue weighted by molar-refractivity contribution is 6.31. The van der Waals surface area contributed by atoms with Crippen LogP contribution >= 0.6 is 11.6 Å². The Balaban J connectivity index is 2.27. The number of nitrogens with zero attached hydrogens (tertiary/aromatic N) is 2. The molecule has 1 N–H and O–H groups in total. The molecule has 110 valence electrons. The van der Waals surface area contributed by atoms with E-state index < -0.39 is 0 Å². The van der Waals surface area contributed by atoms with E-state index in [2.05, 4.69) is 10.1 Å². The Kier molecular flexibility index (Phi) is 5.00. The van der Waals surface area contributed by atoms with Gasteiger partial charge in [-0.25, -0.2) is 0 Å². The first-order chi connectivity index (χ1) is 10.2. The van der Waals surface area contributed by atoms with Gasteiger partial charge in [-0.3, -0.25) is 4.98 Å². The summed E-state index contributed by atoms with van der Waals surface area (Å²) >= 11 is 6.05. The average Bonchev–Trinajstić information content (AvgIpc) is 2.53. The number of ether oxygens (including phenoxy) is 2. The number of pyridine rings is 1. The monoisotopic (exact) mass is 306 g/mol. The SMILES string of the molecule is COc1ccc(/C(C)=N/O)c(OCc2ccncc2Cl)c1. The molecule has 0 radical (unpaired) electrons. The topological polar surface area (TPSA) is 63.9 Å². The predicted octanol–water partition coefficient (Wildman–Crippen LogP) is 3.52. The number of rotatable bonds is 5. The number of methoxy groups -OCH3 is 1. The first kappa shape index (κ1) is 15.1. The third-order valence-electron chi connectivity index (χ3n) is 2.97. The van der Waals surface area contributed by atoms with Gasteiger partial charge in [0.1, 0.15) is 18.1 Å². The predicted molar refractivity (Wildman–Crippen MR) is 80.6 cm³/mol. The van der Waals surface area contributed by atoms with Gasteiger partial charge in [-0.15, -0.1) is 0 Å². The Bertz CT molecular complexity index is 659. The van der Waals surface area contributed by atoms with Crippen molar-refractivity contribution in [3.05, 3.63) is 52.8 Å². The molecule has 0 bridgehead atoms. The Morgan fingerprint density at radius 1 is 1.38 bits per heavy atom. The van der Waals surface area contributed by atoms with Crippen molar-refractivity contribution in [3.63, 3.8) is 0 Å². The summed E-state index contributed by atoms with van der Waals surface area (Å²) in [4.78, 5) is 3.93. The fraction of sp³-hybridized carbons (Fsp3) is 0.200. The van der Waals surface area contributed by atoms with Gasteiger partial charge < -0.3 is 14.7 Å². The molecule has 0 saturated carbocycles. The molecule has 0 aliphatic rings. The first-order valence-electron chi connectivity index (χ1n) is 6.24. The first-order valence-corrected chi connectivity index (χ1v) is 6.61. The van der Waals surface area contributed by atoms with Crippen LogP contribution in [0.25, 0.3) is 0 Å². The van der Waals surface area contributed by atoms with Crippen LogP contribution in [0.4, 0.5) is 0 Å². The lowest BCUT2D eigenvalue weighted by molar-refractivity contribution is 0.301. The van der Waals surface area contributed by atoms with E-state index in [0.717, 1.165) is 5.56 Å². The summed E-state index contributed by atoms with van der Waals surface area (Å²) in [5, 5.41) is 12.7. The molecule has 0 saturated heterocycles. The Morgan fingerprint density at radius 3 is 2.86 bits per heavy atom. The van der Waals surface area contributed by atoms with Crippen molar-refractivity contribution in [3.8, 4) is 11.5 Å². The maximum absolute atomic E-state index is 8.94. The lowest BCUT2D eigenvalue weighted by Crippen LogP contribution is -2.03. The van der Waals surface area contributed by atoms with E-state index in [4.69, 9.17) is 26.3 Å². The van der Waals surface area contributed by atoms with E-state index >= 15 is 0 Å². The summed E-state index contributed by atoms with van der Waals surface area (Å²) in [7, 11) is 1.57. The summed E-state index contributed by atoms with van der Waals surface area (Å²) in [6.07, 6.45) is 3.21. The van der Waals surface area contributed by atoms with Crippen molar-refractivity contribution in [2.45, 2.75) is 13.5 Å². The van der Waals surface area contributed by atoms with Gasteiger partial charge in [0.2, 0.25) is 0 Å². The van der Waals surface area contributed by atoms with Crippen LogP contribution in [-0.2, 0) is 6.61 Å². The molecule has 21 heavy (non-hydrogen) atoms. The van der Waals surface area contributed by atoms with E-state index in [1.54, 1.807) is 50.7 Å². The second kappa shape index (κ2) is 6.95. The van der Waals surface area contributed by atoms with Crippen LogP contribution in [0.3, 0.4) is 0 Å². The molecule has 0 aliphatic carbocycles. The number of halogens is 1. The van der Waals surface area contributed by atoms with E-state index in [0.29, 0.717) is 27.8 Å². The molecule has 0 fully saturated rings. The largest absolute Gasteiger partial charge is 0.497 e. The Hall–Kier alpha value is -2.27. The van der Waals surface area contributed by atoms with E-state index in [9.17, 15) is 0 Å². The molecule has 1 aromatic carbocycles. The molecule has 0 atom stereocenters. The van der Waals surface area contributed by atoms with Crippen LogP contribution in [0.1, 0.15) is 18.1 Å². The summed E-state index contributed by atoms with van der Waals surface area (Å²) in [5.74, 6) is 1.21. The van der Waals surface area contributed by atoms with Gasteiger partial charge in [-0.05, 0) is 25.1 Å². The third-order valence-corrected chi connectivity index (χ3v) is 3.31. The number of hydrogen-bond acceptors (Lipinski definition) is 5. The zero-order chi connectivity index (χ0) is 15.2. The quantitative estimate of drug-likeness (QED) is 0.521. The van der Waals surface area contributed by atoms with Crippen molar-refractivity contribution in [2.75, 3.05) is 7.11 Å². The molecular formula is C15H15ClN2O3. The fourth-order valence-electron chi connectivity index (χ4n) is 1.78. The maximum Gasteiger partial charge on any atom is 0.132 e. The molecule has 1 heterocycles. The number of hydrogen-bond donors (Lipinski definition) is 1. The van der Waals surface area contributed by atoms with Crippen molar-refractivity contribution < 1.29 is 14.7 Å². The summed E-state index contributed by atoms with van der Waals surface area (Å²) in [5.41, 5.74) is 1.95. The van der Waals surface area contributed by atoms with Crippen LogP contribution in [0, 0.1) is 0 Å². The van der Waals surface area contributed by atoms with Crippen LogP contribution in [0.5, 0.6) is 11.5 Å². The van der Waals surface area contributed by atoms with Crippen molar-refractivity contribution in [1.29, 1.82) is 0 Å². The molecule has 2 rings (SSSR count). The standard InChI is InChI=1S/C15H15ClN2O3/c1-10(18-19)13-4-3-12(20-2)7-15(13)21-9-11-5-6-17-8-14(11)16/h3-8,19H,9H2,1-2H3/b18-10+. The minimum Gasteiger partial charge on any atom is -0.497 e. The second-order valence-corrected chi connectivity index (χ2v) is 4.71. The van der Waals surface area contributed by atoms with E-state index in [-0.39, 0.29) is 6.61 Å². The molecule has 5 nitrogen and oxygen atoms in total. The van der Waals surface area contributed by atoms with Gasteiger partial charge in [0.05, 0.1) is 17.8 Å². The molecule has 0 amide bonds. The zero-order valence-corrected chi connectivity index (χ0v) is 12.5. The van der Waals surface area contributed by atoms with Crippen molar-refractivity contribution in [2.24, 2.45) is 5.16 Å². The number of aromatic nitrogens is 1. The van der Waals surface area contributed by atoms with E-state index in [1.807, 2.05) is 0 Å². The normalized spacial score (nSPS) is 11.3. The Morgan fingerprint density at radius 2 is 2.19 bits per heavy atom. The van der Waals surface area contributed by atoms with Gasteiger partial charge in [0.25, 0.3) is 0 Å². The minimum absolute atomic E-state index is 0.278. The smallest absolute Gasteiger partial charge is 0.132 e. The van der Waals surface area contributed by atoms with E-state index in [1.165, 1.54) is 0 Å². The number of oxime groups is 1. The lowest BCUT2D eigenvalue weighted by atomic mass is 10.1. The van der Waals surface area contributed by atoms with Gasteiger partial charge in [0, 0.05) is 29.6 Å². The summed E-state index contributed by atoms with van der Waals surface area (Å²) in [6.45, 7) is 1.97. The van der Waals surface area contributed by atoms with Gasteiger partial charge >= 0.3 is 0 Å². The molecule has 1 aromatic heterocycles. The highest BCUT2D eigenvalue weighted by atomic mass is 35.5. The van der Waals surface area contributed by atoms with Crippen LogP contribution in [0.15, 0.2) is 41.8 Å². The number of benzene rings is 1. The molecule has 6 heteroatoms. The zero-order valence-electron chi connectivity index (χ0n) is 11.7. The van der Waals surface area contributed by atoms with Crippen LogP contribution in [0.2, 0.25) is 5.02 Å². The molecule has 0 spiro atoms. The highest BCUT2D eigenvalue weighted by Crippen LogP contribution is 2.27. The van der Waals surface area contributed by atoms with Gasteiger partial charge in [-0.1, -0.05) is 16.8 Å². The summed E-state index contributed by atoms with van der Waals surface area (Å²) < 4.78 is 11.0. The maximum atomic E-state index is 8.94. The van der Waals surface area contributed by atoms with Crippen molar-refractivity contribution >= 4 is 17.3 Å². The Labute approximate surface area is 127 Å². The molecular weight excluding hydrogens is 292 g/mol. The highest BCUT2D eigenvalue weighted by Gasteiger charge is 2.10. The fourth-order valence-corrected chi connectivity index (χ4v) is 1.95.